The number of hydrogen-bond donors (Lipinski definition) is 1. The molecule has 0 saturated heterocycles. The number of benzene rings is 1. The van der Waals surface area contributed by atoms with Gasteiger partial charge in [-0.25, -0.2) is 4.98 Å². The summed E-state index contributed by atoms with van der Waals surface area (Å²) in [5.74, 6) is 0.594. The average molecular weight is 252 g/mol. The molecule has 0 bridgehead atoms. The molecule has 0 spiro atoms. The van der Waals surface area contributed by atoms with E-state index in [0.29, 0.717) is 11.4 Å². The Balaban J connectivity index is 2.42. The van der Waals surface area contributed by atoms with Gasteiger partial charge in [0, 0.05) is 19.8 Å². The van der Waals surface area contributed by atoms with Crippen molar-refractivity contribution in [1.82, 2.24) is 4.98 Å². The van der Waals surface area contributed by atoms with E-state index in [4.69, 9.17) is 5.26 Å². The lowest BCUT2D eigenvalue weighted by Crippen LogP contribution is -2.11. The third-order valence-corrected chi connectivity index (χ3v) is 2.79. The summed E-state index contributed by atoms with van der Waals surface area (Å²) in [6.45, 7) is 1.91. The molecule has 4 heteroatoms. The van der Waals surface area contributed by atoms with E-state index >= 15 is 0 Å². The van der Waals surface area contributed by atoms with Crippen molar-refractivity contribution < 1.29 is 0 Å². The normalized spacial score (nSPS) is 9.79. The van der Waals surface area contributed by atoms with Crippen molar-refractivity contribution in [3.8, 4) is 6.07 Å². The monoisotopic (exact) mass is 252 g/mol. The number of aryl methyl sites for hydroxylation is 1. The van der Waals surface area contributed by atoms with Gasteiger partial charge in [0.05, 0.1) is 16.9 Å². The highest BCUT2D eigenvalue weighted by Crippen LogP contribution is 2.27. The topological polar surface area (TPSA) is 52.0 Å². The zero-order chi connectivity index (χ0) is 13.8. The second-order valence-electron chi connectivity index (χ2n) is 4.50. The molecule has 0 aliphatic carbocycles. The van der Waals surface area contributed by atoms with Crippen LogP contribution in [0.25, 0.3) is 0 Å². The van der Waals surface area contributed by atoms with Crippen molar-refractivity contribution in [2.45, 2.75) is 6.92 Å². The lowest BCUT2D eigenvalue weighted by atomic mass is 10.2. The van der Waals surface area contributed by atoms with Gasteiger partial charge in [-0.15, -0.1) is 0 Å². The van der Waals surface area contributed by atoms with E-state index in [1.54, 1.807) is 6.07 Å². The molecule has 0 amide bonds. The molecule has 19 heavy (non-hydrogen) atoms. The molecular weight excluding hydrogens is 236 g/mol. The maximum Gasteiger partial charge on any atom is 0.148 e. The lowest BCUT2D eigenvalue weighted by Gasteiger charge is -2.18. The summed E-state index contributed by atoms with van der Waals surface area (Å²) in [5.41, 5.74) is 3.40. The Labute approximate surface area is 113 Å². The van der Waals surface area contributed by atoms with Crippen molar-refractivity contribution >= 4 is 17.2 Å². The molecule has 1 aromatic heterocycles. The highest BCUT2D eigenvalue weighted by molar-refractivity contribution is 5.75. The van der Waals surface area contributed by atoms with Crippen LogP contribution in [0.4, 0.5) is 17.2 Å². The summed E-state index contributed by atoms with van der Waals surface area (Å²) < 4.78 is 0. The summed E-state index contributed by atoms with van der Waals surface area (Å²) in [6, 6.07) is 13.7. The van der Waals surface area contributed by atoms with E-state index in [9.17, 15) is 0 Å². The van der Waals surface area contributed by atoms with Crippen LogP contribution >= 0.6 is 0 Å². The Hall–Kier alpha value is -2.54. The van der Waals surface area contributed by atoms with Crippen LogP contribution in [0.15, 0.2) is 36.4 Å². The van der Waals surface area contributed by atoms with E-state index in [0.717, 1.165) is 17.1 Å². The summed E-state index contributed by atoms with van der Waals surface area (Å²) >= 11 is 0. The van der Waals surface area contributed by atoms with Crippen LogP contribution < -0.4 is 10.2 Å². The molecule has 0 radical (unpaired) electrons. The molecule has 0 atom stereocenters. The third-order valence-electron chi connectivity index (χ3n) is 2.79. The van der Waals surface area contributed by atoms with Gasteiger partial charge < -0.3 is 10.2 Å². The predicted molar refractivity (Wildman–Crippen MR) is 77.7 cm³/mol. The summed E-state index contributed by atoms with van der Waals surface area (Å²) in [4.78, 5) is 6.41. The van der Waals surface area contributed by atoms with Gasteiger partial charge in [0.15, 0.2) is 0 Å². The molecule has 2 rings (SSSR count). The Morgan fingerprint density at radius 2 is 1.89 bits per heavy atom. The quantitative estimate of drug-likeness (QED) is 0.912. The largest absolute Gasteiger partial charge is 0.376 e. The van der Waals surface area contributed by atoms with E-state index in [2.05, 4.69) is 16.4 Å². The van der Waals surface area contributed by atoms with Gasteiger partial charge in [-0.05, 0) is 31.2 Å². The van der Waals surface area contributed by atoms with Crippen molar-refractivity contribution in [2.75, 3.05) is 24.3 Å². The molecule has 1 N–H and O–H groups in total. The standard InChI is InChI=1S/C15H16N4/c1-11-8-9-12(10-16)15(17-11)18-13-6-4-5-7-14(13)19(2)3/h4-9H,1-3H3,(H,17,18). The zero-order valence-corrected chi connectivity index (χ0v) is 11.3. The first-order chi connectivity index (χ1) is 9.11. The van der Waals surface area contributed by atoms with Gasteiger partial charge in [0.2, 0.25) is 0 Å². The fourth-order valence-electron chi connectivity index (χ4n) is 1.84. The predicted octanol–water partition coefficient (Wildman–Crippen LogP) is 3.07. The smallest absolute Gasteiger partial charge is 0.148 e. The minimum absolute atomic E-state index is 0.541. The Bertz CT molecular complexity index is 626. The maximum absolute atomic E-state index is 9.13. The number of nitrogens with zero attached hydrogens (tertiary/aromatic N) is 3. The second kappa shape index (κ2) is 5.40. The fraction of sp³-hybridized carbons (Fsp3) is 0.200. The van der Waals surface area contributed by atoms with E-state index in [1.807, 2.05) is 56.3 Å². The van der Waals surface area contributed by atoms with Gasteiger partial charge in [-0.2, -0.15) is 5.26 Å². The first-order valence-electron chi connectivity index (χ1n) is 6.03. The number of anilines is 3. The third kappa shape index (κ3) is 2.83. The van der Waals surface area contributed by atoms with Gasteiger partial charge in [-0.1, -0.05) is 12.1 Å². The van der Waals surface area contributed by atoms with Crippen molar-refractivity contribution in [3.05, 3.63) is 47.7 Å². The molecular formula is C15H16N4. The number of para-hydroxylation sites is 2. The van der Waals surface area contributed by atoms with Crippen LogP contribution in [-0.4, -0.2) is 19.1 Å². The van der Waals surface area contributed by atoms with Crippen LogP contribution in [0.3, 0.4) is 0 Å². The average Bonchev–Trinajstić information content (AvgIpc) is 2.39. The zero-order valence-electron chi connectivity index (χ0n) is 11.3. The van der Waals surface area contributed by atoms with Gasteiger partial charge >= 0.3 is 0 Å². The highest BCUT2D eigenvalue weighted by atomic mass is 15.1. The van der Waals surface area contributed by atoms with Crippen molar-refractivity contribution in [3.63, 3.8) is 0 Å². The summed E-state index contributed by atoms with van der Waals surface area (Å²) in [7, 11) is 3.96. The number of pyridine rings is 1. The van der Waals surface area contributed by atoms with Crippen LogP contribution in [0.2, 0.25) is 0 Å². The molecule has 0 unspecified atom stereocenters. The first-order valence-corrected chi connectivity index (χ1v) is 6.03. The molecule has 1 heterocycles. The second-order valence-corrected chi connectivity index (χ2v) is 4.50. The van der Waals surface area contributed by atoms with Crippen LogP contribution in [-0.2, 0) is 0 Å². The number of hydrogen-bond acceptors (Lipinski definition) is 4. The first kappa shape index (κ1) is 12.9. The number of nitriles is 1. The van der Waals surface area contributed by atoms with Crippen molar-refractivity contribution in [2.24, 2.45) is 0 Å². The fourth-order valence-corrected chi connectivity index (χ4v) is 1.84. The lowest BCUT2D eigenvalue weighted by molar-refractivity contribution is 1.13. The Kier molecular flexibility index (Phi) is 3.67. The molecule has 1 aromatic carbocycles. The molecule has 0 fully saturated rings. The summed E-state index contributed by atoms with van der Waals surface area (Å²) in [5, 5.41) is 12.4. The Morgan fingerprint density at radius 1 is 1.16 bits per heavy atom. The van der Waals surface area contributed by atoms with E-state index in [-0.39, 0.29) is 0 Å². The van der Waals surface area contributed by atoms with E-state index in [1.165, 1.54) is 0 Å². The van der Waals surface area contributed by atoms with Gasteiger partial charge in [0.25, 0.3) is 0 Å². The number of nitrogens with one attached hydrogen (secondary N) is 1. The van der Waals surface area contributed by atoms with Crippen LogP contribution in [0, 0.1) is 18.3 Å². The molecule has 0 aliphatic rings. The van der Waals surface area contributed by atoms with Crippen molar-refractivity contribution in [1.29, 1.82) is 5.26 Å². The molecule has 2 aromatic rings. The number of rotatable bonds is 3. The van der Waals surface area contributed by atoms with E-state index < -0.39 is 0 Å². The molecule has 0 saturated carbocycles. The number of aromatic nitrogens is 1. The van der Waals surface area contributed by atoms with Gasteiger partial charge in [-0.3, -0.25) is 0 Å². The Morgan fingerprint density at radius 3 is 2.58 bits per heavy atom. The highest BCUT2D eigenvalue weighted by Gasteiger charge is 2.08. The molecule has 0 aliphatic heterocycles. The minimum Gasteiger partial charge on any atom is -0.376 e. The van der Waals surface area contributed by atoms with Crippen LogP contribution in [0.5, 0.6) is 0 Å². The van der Waals surface area contributed by atoms with Crippen LogP contribution in [0.1, 0.15) is 11.3 Å². The molecule has 4 nitrogen and oxygen atoms in total. The summed E-state index contributed by atoms with van der Waals surface area (Å²) in [6.07, 6.45) is 0. The minimum atomic E-state index is 0.541. The SMILES string of the molecule is Cc1ccc(C#N)c(Nc2ccccc2N(C)C)n1. The molecule has 96 valence electrons. The maximum atomic E-state index is 9.13. The van der Waals surface area contributed by atoms with Gasteiger partial charge in [0.1, 0.15) is 11.9 Å².